The van der Waals surface area contributed by atoms with E-state index in [1.807, 2.05) is 6.92 Å². The van der Waals surface area contributed by atoms with Gasteiger partial charge in [0.25, 0.3) is 5.69 Å². The molecule has 0 saturated carbocycles. The molecule has 0 radical (unpaired) electrons. The predicted molar refractivity (Wildman–Crippen MR) is 88.9 cm³/mol. The number of rotatable bonds is 8. The van der Waals surface area contributed by atoms with Crippen LogP contribution in [0.3, 0.4) is 0 Å². The summed E-state index contributed by atoms with van der Waals surface area (Å²) in [6.07, 6.45) is 2.72. The molecule has 0 spiro atoms. The molecule has 2 rings (SSSR count). The van der Waals surface area contributed by atoms with Gasteiger partial charge in [-0.05, 0) is 25.8 Å². The van der Waals surface area contributed by atoms with Crippen LogP contribution in [0, 0.1) is 10.1 Å². The Morgan fingerprint density at radius 3 is 2.88 bits per heavy atom. The Kier molecular flexibility index (Phi) is 5.73. The molecule has 1 unspecified atom stereocenters. The molecule has 1 aromatic carbocycles. The average Bonchev–Trinajstić information content (AvgIpc) is 2.82. The summed E-state index contributed by atoms with van der Waals surface area (Å²) in [6.45, 7) is 4.34. The fraction of sp³-hybridized carbons (Fsp3) is 0.500. The monoisotopic (exact) mass is 335 g/mol. The molecule has 0 bridgehead atoms. The van der Waals surface area contributed by atoms with Crippen molar-refractivity contribution in [1.29, 1.82) is 0 Å². The zero-order valence-corrected chi connectivity index (χ0v) is 13.8. The molecule has 2 aromatic rings. The van der Waals surface area contributed by atoms with Crippen molar-refractivity contribution in [1.82, 2.24) is 9.88 Å². The van der Waals surface area contributed by atoms with E-state index >= 15 is 0 Å². The first-order chi connectivity index (χ1) is 11.4. The van der Waals surface area contributed by atoms with Crippen molar-refractivity contribution in [3.05, 3.63) is 38.9 Å². The number of oxazole rings is 1. The Morgan fingerprint density at radius 1 is 1.46 bits per heavy atom. The molecule has 0 aliphatic rings. The lowest BCUT2D eigenvalue weighted by atomic mass is 10.2. The SMILES string of the molecule is CCCC(C)NC(=O)CCCn1c(=O)oc2cc([N+](=O)[O-])ccc21. The van der Waals surface area contributed by atoms with Gasteiger partial charge in [0.1, 0.15) is 0 Å². The van der Waals surface area contributed by atoms with E-state index in [-0.39, 0.29) is 23.2 Å². The first-order valence-electron chi connectivity index (χ1n) is 7.99. The third kappa shape index (κ3) is 4.21. The van der Waals surface area contributed by atoms with Gasteiger partial charge in [0.2, 0.25) is 5.91 Å². The number of nitro benzene ring substituents is 1. The zero-order chi connectivity index (χ0) is 17.7. The first kappa shape index (κ1) is 17.7. The highest BCUT2D eigenvalue weighted by molar-refractivity contribution is 5.77. The highest BCUT2D eigenvalue weighted by Gasteiger charge is 2.14. The first-order valence-corrected chi connectivity index (χ1v) is 7.99. The molecular weight excluding hydrogens is 314 g/mol. The van der Waals surface area contributed by atoms with Crippen molar-refractivity contribution < 1.29 is 14.1 Å². The fourth-order valence-electron chi connectivity index (χ4n) is 2.63. The largest absolute Gasteiger partial charge is 0.419 e. The highest BCUT2D eigenvalue weighted by atomic mass is 16.6. The molecule has 0 fully saturated rings. The van der Waals surface area contributed by atoms with Crippen LogP contribution in [0.1, 0.15) is 39.5 Å². The van der Waals surface area contributed by atoms with E-state index in [0.29, 0.717) is 24.9 Å². The summed E-state index contributed by atoms with van der Waals surface area (Å²) >= 11 is 0. The minimum Gasteiger partial charge on any atom is -0.407 e. The smallest absolute Gasteiger partial charge is 0.407 e. The number of aryl methyl sites for hydroxylation is 1. The van der Waals surface area contributed by atoms with Crippen LogP contribution in [0.2, 0.25) is 0 Å². The van der Waals surface area contributed by atoms with Crippen molar-refractivity contribution in [2.45, 2.75) is 52.1 Å². The lowest BCUT2D eigenvalue weighted by Crippen LogP contribution is -2.32. The van der Waals surface area contributed by atoms with Gasteiger partial charge in [-0.1, -0.05) is 13.3 Å². The summed E-state index contributed by atoms with van der Waals surface area (Å²) in [7, 11) is 0. The average molecular weight is 335 g/mol. The van der Waals surface area contributed by atoms with Crippen LogP contribution in [0.4, 0.5) is 5.69 Å². The minimum atomic E-state index is -0.578. The second-order valence-electron chi connectivity index (χ2n) is 5.79. The van der Waals surface area contributed by atoms with Crippen molar-refractivity contribution in [2.24, 2.45) is 0 Å². The zero-order valence-electron chi connectivity index (χ0n) is 13.8. The molecule has 0 saturated heterocycles. The van der Waals surface area contributed by atoms with E-state index in [2.05, 4.69) is 12.2 Å². The number of hydrogen-bond donors (Lipinski definition) is 1. The molecule has 1 atom stereocenters. The van der Waals surface area contributed by atoms with Crippen LogP contribution in [-0.4, -0.2) is 21.4 Å². The lowest BCUT2D eigenvalue weighted by molar-refractivity contribution is -0.384. The normalized spacial score (nSPS) is 12.2. The molecule has 1 aromatic heterocycles. The summed E-state index contributed by atoms with van der Waals surface area (Å²) < 4.78 is 6.44. The number of nitrogens with zero attached hydrogens (tertiary/aromatic N) is 2. The highest BCUT2D eigenvalue weighted by Crippen LogP contribution is 2.20. The second kappa shape index (κ2) is 7.76. The van der Waals surface area contributed by atoms with E-state index in [0.717, 1.165) is 12.8 Å². The number of hydrogen-bond acceptors (Lipinski definition) is 5. The Balaban J connectivity index is 2.00. The quantitative estimate of drug-likeness (QED) is 0.589. The summed E-state index contributed by atoms with van der Waals surface area (Å²) in [5, 5.41) is 13.7. The number of amides is 1. The summed E-state index contributed by atoms with van der Waals surface area (Å²) in [5.74, 6) is -0.627. The van der Waals surface area contributed by atoms with E-state index in [4.69, 9.17) is 4.42 Å². The van der Waals surface area contributed by atoms with Gasteiger partial charge in [0.15, 0.2) is 5.58 Å². The van der Waals surface area contributed by atoms with Gasteiger partial charge in [0.05, 0.1) is 16.5 Å². The summed E-state index contributed by atoms with van der Waals surface area (Å²) in [6, 6.07) is 4.18. The number of carbonyl (C=O) groups excluding carboxylic acids is 1. The van der Waals surface area contributed by atoms with Gasteiger partial charge in [-0.2, -0.15) is 0 Å². The number of fused-ring (bicyclic) bond motifs is 1. The third-order valence-corrected chi connectivity index (χ3v) is 3.78. The Hall–Kier alpha value is -2.64. The Bertz CT molecular complexity index is 793. The molecule has 0 aliphatic heterocycles. The van der Waals surface area contributed by atoms with Crippen LogP contribution in [-0.2, 0) is 11.3 Å². The predicted octanol–water partition coefficient (Wildman–Crippen LogP) is 2.59. The van der Waals surface area contributed by atoms with Gasteiger partial charge >= 0.3 is 5.76 Å². The van der Waals surface area contributed by atoms with Crippen molar-refractivity contribution in [3.63, 3.8) is 0 Å². The summed E-state index contributed by atoms with van der Waals surface area (Å²) in [5.41, 5.74) is 0.535. The van der Waals surface area contributed by atoms with Crippen molar-refractivity contribution >= 4 is 22.7 Å². The number of nitro groups is 1. The number of benzene rings is 1. The van der Waals surface area contributed by atoms with E-state index in [1.165, 1.54) is 22.8 Å². The molecule has 0 aliphatic carbocycles. The third-order valence-electron chi connectivity index (χ3n) is 3.78. The standard InChI is InChI=1S/C16H21N3O5/c1-3-5-11(2)17-15(20)6-4-9-18-13-8-7-12(19(22)23)10-14(13)24-16(18)21/h7-8,10-11H,3-6,9H2,1-2H3,(H,17,20). The number of carbonyl (C=O) groups is 1. The van der Waals surface area contributed by atoms with E-state index in [1.54, 1.807) is 0 Å². The van der Waals surface area contributed by atoms with Crippen LogP contribution in [0.15, 0.2) is 27.4 Å². The Morgan fingerprint density at radius 2 is 2.21 bits per heavy atom. The maximum Gasteiger partial charge on any atom is 0.419 e. The van der Waals surface area contributed by atoms with Crippen LogP contribution < -0.4 is 11.1 Å². The molecule has 8 nitrogen and oxygen atoms in total. The van der Waals surface area contributed by atoms with Crippen LogP contribution >= 0.6 is 0 Å². The van der Waals surface area contributed by atoms with Gasteiger partial charge < -0.3 is 9.73 Å². The van der Waals surface area contributed by atoms with Crippen molar-refractivity contribution in [2.75, 3.05) is 0 Å². The lowest BCUT2D eigenvalue weighted by Gasteiger charge is -2.12. The summed E-state index contributed by atoms with van der Waals surface area (Å²) in [4.78, 5) is 33.9. The molecule has 130 valence electrons. The molecule has 1 amide bonds. The van der Waals surface area contributed by atoms with Crippen molar-refractivity contribution in [3.8, 4) is 0 Å². The second-order valence-corrected chi connectivity index (χ2v) is 5.79. The van der Waals surface area contributed by atoms with Crippen LogP contribution in [0.25, 0.3) is 11.1 Å². The van der Waals surface area contributed by atoms with E-state index < -0.39 is 10.7 Å². The maximum absolute atomic E-state index is 11.9. The fourth-order valence-corrected chi connectivity index (χ4v) is 2.63. The molecule has 8 heteroatoms. The number of nitrogens with one attached hydrogen (secondary N) is 1. The van der Waals surface area contributed by atoms with Crippen LogP contribution in [0.5, 0.6) is 0 Å². The molecule has 1 N–H and O–H groups in total. The van der Waals surface area contributed by atoms with Gasteiger partial charge in [0, 0.05) is 25.1 Å². The molecule has 1 heterocycles. The van der Waals surface area contributed by atoms with Gasteiger partial charge in [-0.25, -0.2) is 4.79 Å². The molecular formula is C16H21N3O5. The Labute approximate surface area is 138 Å². The minimum absolute atomic E-state index is 0.0487. The molecule has 24 heavy (non-hydrogen) atoms. The maximum atomic E-state index is 11.9. The topological polar surface area (TPSA) is 107 Å². The number of aromatic nitrogens is 1. The van der Waals surface area contributed by atoms with Gasteiger partial charge in [-0.15, -0.1) is 0 Å². The van der Waals surface area contributed by atoms with Gasteiger partial charge in [-0.3, -0.25) is 19.5 Å². The number of non-ortho nitro benzene ring substituents is 1. The van der Waals surface area contributed by atoms with E-state index in [9.17, 15) is 19.7 Å².